The quantitative estimate of drug-likeness (QED) is 0.889. The third-order valence-electron chi connectivity index (χ3n) is 2.04. The molecule has 0 aliphatic heterocycles. The van der Waals surface area contributed by atoms with Crippen LogP contribution in [0.2, 0.25) is 10.0 Å². The van der Waals surface area contributed by atoms with Crippen molar-refractivity contribution in [3.63, 3.8) is 0 Å². The maximum atomic E-state index is 11.8. The molecule has 0 aliphatic rings. The first-order valence-electron chi connectivity index (χ1n) is 4.81. The van der Waals surface area contributed by atoms with Crippen molar-refractivity contribution >= 4 is 29.1 Å². The van der Waals surface area contributed by atoms with E-state index in [9.17, 15) is 9.90 Å². The Kier molecular flexibility index (Phi) is 4.62. The van der Waals surface area contributed by atoms with Crippen molar-refractivity contribution < 1.29 is 9.90 Å². The van der Waals surface area contributed by atoms with Crippen LogP contribution in [0.4, 0.5) is 0 Å². The lowest BCUT2D eigenvalue weighted by atomic mass is 10.1. The molecule has 0 aliphatic carbocycles. The molecule has 1 amide bonds. The van der Waals surface area contributed by atoms with Gasteiger partial charge in [0.1, 0.15) is 5.75 Å². The zero-order valence-corrected chi connectivity index (χ0v) is 10.5. The highest BCUT2D eigenvalue weighted by atomic mass is 35.5. The Morgan fingerprint density at radius 2 is 2.24 bits per heavy atom. The number of carbonyl (C=O) groups excluding carboxylic acids is 1. The summed E-state index contributed by atoms with van der Waals surface area (Å²) >= 11 is 11.5. The van der Waals surface area contributed by atoms with Crippen molar-refractivity contribution in [2.75, 3.05) is 0 Å². The number of benzene rings is 1. The predicted molar refractivity (Wildman–Crippen MR) is 65.3 cm³/mol. The van der Waals surface area contributed by atoms with Gasteiger partial charge in [0.2, 0.25) is 0 Å². The fourth-order valence-corrected chi connectivity index (χ4v) is 1.84. The summed E-state index contributed by atoms with van der Waals surface area (Å²) in [6, 6.07) is 4.21. The largest absolute Gasteiger partial charge is 0.507 e. The first-order valence-corrected chi connectivity index (χ1v) is 5.57. The van der Waals surface area contributed by atoms with Gasteiger partial charge < -0.3 is 10.4 Å². The van der Waals surface area contributed by atoms with Gasteiger partial charge >= 0.3 is 0 Å². The molecule has 17 heavy (non-hydrogen) atoms. The minimum absolute atomic E-state index is 0.0409. The number of hydrogen-bond acceptors (Lipinski definition) is 3. The summed E-state index contributed by atoms with van der Waals surface area (Å²) in [6.07, 6.45) is 0.178. The van der Waals surface area contributed by atoms with E-state index in [1.807, 2.05) is 6.07 Å². The van der Waals surface area contributed by atoms with Crippen LogP contribution in [0, 0.1) is 11.3 Å². The predicted octanol–water partition coefficient (Wildman–Crippen LogP) is 2.73. The van der Waals surface area contributed by atoms with Gasteiger partial charge in [-0.05, 0) is 19.1 Å². The summed E-state index contributed by atoms with van der Waals surface area (Å²) in [5, 5.41) is 20.9. The van der Waals surface area contributed by atoms with Crippen LogP contribution in [0.1, 0.15) is 23.7 Å². The van der Waals surface area contributed by atoms with Crippen molar-refractivity contribution in [3.05, 3.63) is 27.7 Å². The van der Waals surface area contributed by atoms with Gasteiger partial charge in [0.05, 0.1) is 23.1 Å². The lowest BCUT2D eigenvalue weighted by molar-refractivity contribution is 0.0938. The molecule has 2 N–H and O–H groups in total. The molecule has 0 aromatic heterocycles. The molecule has 1 aromatic carbocycles. The van der Waals surface area contributed by atoms with E-state index in [0.717, 1.165) is 0 Å². The van der Waals surface area contributed by atoms with Gasteiger partial charge in [0, 0.05) is 11.1 Å². The number of phenols is 1. The summed E-state index contributed by atoms with van der Waals surface area (Å²) < 4.78 is 0. The van der Waals surface area contributed by atoms with E-state index in [1.165, 1.54) is 12.1 Å². The maximum absolute atomic E-state index is 11.8. The van der Waals surface area contributed by atoms with Gasteiger partial charge in [-0.25, -0.2) is 0 Å². The summed E-state index contributed by atoms with van der Waals surface area (Å²) in [5.74, 6) is -0.823. The zero-order valence-electron chi connectivity index (χ0n) is 9.00. The second-order valence-corrected chi connectivity index (χ2v) is 4.36. The molecule has 0 saturated carbocycles. The monoisotopic (exact) mass is 272 g/mol. The van der Waals surface area contributed by atoms with Crippen molar-refractivity contribution in [2.24, 2.45) is 0 Å². The number of rotatable bonds is 3. The number of phenolic OH excluding ortho intramolecular Hbond substituents is 1. The van der Waals surface area contributed by atoms with Crippen LogP contribution in [-0.2, 0) is 0 Å². The second-order valence-electron chi connectivity index (χ2n) is 3.52. The topological polar surface area (TPSA) is 73.1 Å². The fourth-order valence-electron chi connectivity index (χ4n) is 1.27. The molecule has 1 rings (SSSR count). The van der Waals surface area contributed by atoms with E-state index in [1.54, 1.807) is 6.92 Å². The van der Waals surface area contributed by atoms with Gasteiger partial charge in [-0.1, -0.05) is 23.2 Å². The van der Waals surface area contributed by atoms with Crippen LogP contribution >= 0.6 is 23.2 Å². The van der Waals surface area contributed by atoms with E-state index in [0.29, 0.717) is 0 Å². The standard InChI is InChI=1S/C11H10Cl2N2O2/c1-6(2-3-14)15-11(17)10-8(13)4-7(12)5-9(10)16/h4-6,16H,2H2,1H3,(H,15,17). The Hall–Kier alpha value is -1.44. The Morgan fingerprint density at radius 1 is 1.59 bits per heavy atom. The fraction of sp³-hybridized carbons (Fsp3) is 0.273. The van der Waals surface area contributed by atoms with E-state index in [-0.39, 0.29) is 33.8 Å². The molecule has 0 radical (unpaired) electrons. The Morgan fingerprint density at radius 3 is 2.76 bits per heavy atom. The summed E-state index contributed by atoms with van der Waals surface area (Å²) in [7, 11) is 0. The first-order chi connectivity index (χ1) is 7.95. The highest BCUT2D eigenvalue weighted by Gasteiger charge is 2.18. The van der Waals surface area contributed by atoms with Crippen LogP contribution in [0.25, 0.3) is 0 Å². The van der Waals surface area contributed by atoms with E-state index >= 15 is 0 Å². The van der Waals surface area contributed by atoms with E-state index < -0.39 is 5.91 Å². The average Bonchev–Trinajstić information content (AvgIpc) is 2.15. The zero-order chi connectivity index (χ0) is 13.0. The maximum Gasteiger partial charge on any atom is 0.256 e. The van der Waals surface area contributed by atoms with Crippen LogP contribution < -0.4 is 5.32 Å². The highest BCUT2D eigenvalue weighted by Crippen LogP contribution is 2.29. The number of amides is 1. The van der Waals surface area contributed by atoms with Crippen LogP contribution in [0.5, 0.6) is 5.75 Å². The van der Waals surface area contributed by atoms with Crippen molar-refractivity contribution in [2.45, 2.75) is 19.4 Å². The number of halogens is 2. The average molecular weight is 273 g/mol. The molecule has 6 heteroatoms. The van der Waals surface area contributed by atoms with Crippen LogP contribution in [-0.4, -0.2) is 17.1 Å². The van der Waals surface area contributed by atoms with Crippen LogP contribution in [0.15, 0.2) is 12.1 Å². The number of aromatic hydroxyl groups is 1. The molecule has 4 nitrogen and oxygen atoms in total. The Labute approximate surface area is 109 Å². The van der Waals surface area contributed by atoms with E-state index in [2.05, 4.69) is 5.32 Å². The molecule has 1 atom stereocenters. The minimum Gasteiger partial charge on any atom is -0.507 e. The SMILES string of the molecule is CC(CC#N)NC(=O)c1c(O)cc(Cl)cc1Cl. The highest BCUT2D eigenvalue weighted by molar-refractivity contribution is 6.37. The molecule has 0 heterocycles. The number of hydrogen-bond donors (Lipinski definition) is 2. The smallest absolute Gasteiger partial charge is 0.256 e. The molecule has 1 unspecified atom stereocenters. The normalized spacial score (nSPS) is 11.6. The molecule has 0 saturated heterocycles. The molecule has 90 valence electrons. The summed E-state index contributed by atoms with van der Waals surface area (Å²) in [4.78, 5) is 11.8. The number of nitrogens with one attached hydrogen (secondary N) is 1. The second kappa shape index (κ2) is 5.76. The molecule has 0 fully saturated rings. The molecule has 1 aromatic rings. The Balaban J connectivity index is 2.94. The summed E-state index contributed by atoms with van der Waals surface area (Å²) in [5.41, 5.74) is -0.0409. The third-order valence-corrected chi connectivity index (χ3v) is 2.55. The third kappa shape index (κ3) is 3.52. The van der Waals surface area contributed by atoms with Gasteiger partial charge in [-0.15, -0.1) is 0 Å². The molecule has 0 spiro atoms. The van der Waals surface area contributed by atoms with Gasteiger partial charge in [-0.3, -0.25) is 4.79 Å². The molecular weight excluding hydrogens is 263 g/mol. The lowest BCUT2D eigenvalue weighted by Gasteiger charge is -2.12. The van der Waals surface area contributed by atoms with Gasteiger partial charge in [-0.2, -0.15) is 5.26 Å². The Bertz CT molecular complexity index is 460. The van der Waals surface area contributed by atoms with Crippen molar-refractivity contribution in [1.29, 1.82) is 5.26 Å². The lowest BCUT2D eigenvalue weighted by Crippen LogP contribution is -2.32. The van der Waals surface area contributed by atoms with Crippen LogP contribution in [0.3, 0.4) is 0 Å². The van der Waals surface area contributed by atoms with Crippen molar-refractivity contribution in [1.82, 2.24) is 5.32 Å². The van der Waals surface area contributed by atoms with Gasteiger partial charge in [0.25, 0.3) is 5.91 Å². The van der Waals surface area contributed by atoms with Gasteiger partial charge in [0.15, 0.2) is 0 Å². The van der Waals surface area contributed by atoms with E-state index in [4.69, 9.17) is 28.5 Å². The molecular formula is C11H10Cl2N2O2. The number of nitriles is 1. The minimum atomic E-state index is -0.535. The van der Waals surface area contributed by atoms with Crippen molar-refractivity contribution in [3.8, 4) is 11.8 Å². The first kappa shape index (κ1) is 13.6. The summed E-state index contributed by atoms with van der Waals surface area (Å²) in [6.45, 7) is 1.68. The number of carbonyl (C=O) groups is 1. The number of nitrogens with zero attached hydrogens (tertiary/aromatic N) is 1. The molecule has 0 bridgehead atoms.